The Hall–Kier alpha value is -1.84. The summed E-state index contributed by atoms with van der Waals surface area (Å²) in [5.41, 5.74) is 3.49. The molecule has 0 aliphatic rings. The van der Waals surface area contributed by atoms with Gasteiger partial charge < -0.3 is 4.74 Å². The number of hydrogen-bond donors (Lipinski definition) is 1. The minimum atomic E-state index is -0.0183. The summed E-state index contributed by atoms with van der Waals surface area (Å²) in [6, 6.07) is 7.50. The Morgan fingerprint density at radius 3 is 2.48 bits per heavy atom. The van der Waals surface area contributed by atoms with Crippen molar-refractivity contribution in [1.29, 1.82) is 0 Å². The smallest absolute Gasteiger partial charge is 0.240 e. The van der Waals surface area contributed by atoms with E-state index in [-0.39, 0.29) is 5.91 Å². The summed E-state index contributed by atoms with van der Waals surface area (Å²) in [7, 11) is 1.63. The van der Waals surface area contributed by atoms with E-state index < -0.39 is 0 Å². The van der Waals surface area contributed by atoms with Gasteiger partial charge in [-0.2, -0.15) is 5.10 Å². The van der Waals surface area contributed by atoms with Crippen LogP contribution in [0.5, 0.6) is 5.75 Å². The fraction of sp³-hybridized carbons (Fsp3) is 0.529. The number of hydrazone groups is 1. The molecule has 1 N–H and O–H groups in total. The van der Waals surface area contributed by atoms with Crippen molar-refractivity contribution in [1.82, 2.24) is 5.43 Å². The number of amides is 1. The van der Waals surface area contributed by atoms with Gasteiger partial charge in [0.25, 0.3) is 0 Å². The zero-order chi connectivity index (χ0) is 15.3. The van der Waals surface area contributed by atoms with E-state index in [1.807, 2.05) is 24.3 Å². The van der Waals surface area contributed by atoms with Crippen LogP contribution in [0.4, 0.5) is 0 Å². The number of ether oxygens (including phenoxy) is 1. The Balaban J connectivity index is 2.15. The van der Waals surface area contributed by atoms with Crippen LogP contribution in [0.25, 0.3) is 0 Å². The first-order valence-corrected chi connectivity index (χ1v) is 7.72. The molecule has 4 nitrogen and oxygen atoms in total. The van der Waals surface area contributed by atoms with Gasteiger partial charge in [0.1, 0.15) is 5.75 Å². The van der Waals surface area contributed by atoms with Crippen molar-refractivity contribution in [2.24, 2.45) is 5.10 Å². The molecule has 0 saturated heterocycles. The van der Waals surface area contributed by atoms with Crippen LogP contribution in [0.2, 0.25) is 0 Å². The molecular formula is C17H26N2O2. The SMILES string of the molecule is CCCCCCCCC(=O)N/N=C/c1ccc(OC)cc1. The second-order valence-electron chi connectivity index (χ2n) is 5.08. The third kappa shape index (κ3) is 8.12. The maximum Gasteiger partial charge on any atom is 0.240 e. The molecule has 1 amide bonds. The summed E-state index contributed by atoms with van der Waals surface area (Å²) in [5.74, 6) is 0.787. The van der Waals surface area contributed by atoms with Gasteiger partial charge in [0.15, 0.2) is 0 Å². The number of hydrogen-bond acceptors (Lipinski definition) is 3. The largest absolute Gasteiger partial charge is 0.497 e. The molecule has 1 aromatic carbocycles. The average Bonchev–Trinajstić information content (AvgIpc) is 2.51. The second kappa shape index (κ2) is 10.9. The lowest BCUT2D eigenvalue weighted by Gasteiger charge is -2.01. The molecule has 1 rings (SSSR count). The van der Waals surface area contributed by atoms with Crippen LogP contribution >= 0.6 is 0 Å². The van der Waals surface area contributed by atoms with E-state index >= 15 is 0 Å². The summed E-state index contributed by atoms with van der Waals surface area (Å²) in [5, 5.41) is 3.96. The monoisotopic (exact) mass is 290 g/mol. The van der Waals surface area contributed by atoms with Gasteiger partial charge in [-0.1, -0.05) is 39.0 Å². The highest BCUT2D eigenvalue weighted by atomic mass is 16.5. The molecule has 0 unspecified atom stereocenters. The van der Waals surface area contributed by atoms with Crippen molar-refractivity contribution in [3.8, 4) is 5.75 Å². The van der Waals surface area contributed by atoms with E-state index in [1.54, 1.807) is 13.3 Å². The predicted molar refractivity (Wildman–Crippen MR) is 86.7 cm³/mol. The third-order valence-electron chi connectivity index (χ3n) is 3.28. The minimum Gasteiger partial charge on any atom is -0.497 e. The summed E-state index contributed by atoms with van der Waals surface area (Å²) in [6.07, 6.45) is 9.27. The zero-order valence-corrected chi connectivity index (χ0v) is 13.1. The van der Waals surface area contributed by atoms with Crippen molar-refractivity contribution in [3.05, 3.63) is 29.8 Å². The molecule has 0 bridgehead atoms. The van der Waals surface area contributed by atoms with Crippen LogP contribution in [-0.2, 0) is 4.79 Å². The van der Waals surface area contributed by atoms with E-state index in [0.29, 0.717) is 6.42 Å². The van der Waals surface area contributed by atoms with E-state index in [9.17, 15) is 4.79 Å². The predicted octanol–water partition coefficient (Wildman–Crippen LogP) is 3.90. The molecule has 0 saturated carbocycles. The molecule has 0 fully saturated rings. The van der Waals surface area contributed by atoms with Gasteiger partial charge in [0.2, 0.25) is 5.91 Å². The second-order valence-corrected chi connectivity index (χ2v) is 5.08. The number of carbonyl (C=O) groups excluding carboxylic acids is 1. The van der Waals surface area contributed by atoms with E-state index in [4.69, 9.17) is 4.74 Å². The van der Waals surface area contributed by atoms with Crippen LogP contribution in [0.15, 0.2) is 29.4 Å². The molecule has 1 aromatic rings. The number of nitrogens with zero attached hydrogens (tertiary/aromatic N) is 1. The van der Waals surface area contributed by atoms with Crippen molar-refractivity contribution >= 4 is 12.1 Å². The van der Waals surface area contributed by atoms with Gasteiger partial charge in [-0.15, -0.1) is 0 Å². The molecule has 4 heteroatoms. The van der Waals surface area contributed by atoms with Crippen LogP contribution in [0.3, 0.4) is 0 Å². The van der Waals surface area contributed by atoms with E-state index in [0.717, 1.165) is 24.2 Å². The van der Waals surface area contributed by atoms with Gasteiger partial charge in [0, 0.05) is 6.42 Å². The lowest BCUT2D eigenvalue weighted by molar-refractivity contribution is -0.121. The number of nitrogens with one attached hydrogen (secondary N) is 1. The van der Waals surface area contributed by atoms with Crippen molar-refractivity contribution < 1.29 is 9.53 Å². The molecular weight excluding hydrogens is 264 g/mol. The highest BCUT2D eigenvalue weighted by molar-refractivity contribution is 5.82. The summed E-state index contributed by atoms with van der Waals surface area (Å²) in [6.45, 7) is 2.20. The summed E-state index contributed by atoms with van der Waals surface area (Å²) >= 11 is 0. The summed E-state index contributed by atoms with van der Waals surface area (Å²) in [4.78, 5) is 11.6. The Morgan fingerprint density at radius 2 is 1.81 bits per heavy atom. The lowest BCUT2D eigenvalue weighted by atomic mass is 10.1. The number of methoxy groups -OCH3 is 1. The maximum absolute atomic E-state index is 11.6. The van der Waals surface area contributed by atoms with Gasteiger partial charge in [-0.25, -0.2) is 5.43 Å². The van der Waals surface area contributed by atoms with Crippen LogP contribution in [0, 0.1) is 0 Å². The van der Waals surface area contributed by atoms with Crippen molar-refractivity contribution in [2.75, 3.05) is 7.11 Å². The normalized spacial score (nSPS) is 10.8. The van der Waals surface area contributed by atoms with Crippen molar-refractivity contribution in [3.63, 3.8) is 0 Å². The Morgan fingerprint density at radius 1 is 1.14 bits per heavy atom. The molecule has 0 atom stereocenters. The van der Waals surface area contributed by atoms with Gasteiger partial charge in [-0.3, -0.25) is 4.79 Å². The van der Waals surface area contributed by atoms with Crippen LogP contribution in [-0.4, -0.2) is 19.2 Å². The highest BCUT2D eigenvalue weighted by Gasteiger charge is 1.99. The maximum atomic E-state index is 11.6. The first-order chi connectivity index (χ1) is 10.3. The molecule has 0 radical (unpaired) electrons. The van der Waals surface area contributed by atoms with Gasteiger partial charge in [-0.05, 0) is 36.2 Å². The Bertz CT molecular complexity index is 427. The number of benzene rings is 1. The molecule has 116 valence electrons. The lowest BCUT2D eigenvalue weighted by Crippen LogP contribution is -2.16. The standard InChI is InChI=1S/C17H26N2O2/c1-3-4-5-6-7-8-9-17(20)19-18-14-15-10-12-16(21-2)13-11-15/h10-14H,3-9H2,1-2H3,(H,19,20)/b18-14+. The molecule has 0 spiro atoms. The molecule has 0 heterocycles. The van der Waals surface area contributed by atoms with E-state index in [1.165, 1.54) is 25.7 Å². The minimum absolute atomic E-state index is 0.0183. The van der Waals surface area contributed by atoms with E-state index in [2.05, 4.69) is 17.5 Å². The average molecular weight is 290 g/mol. The first-order valence-electron chi connectivity index (χ1n) is 7.72. The quantitative estimate of drug-likeness (QED) is 0.404. The fourth-order valence-electron chi connectivity index (χ4n) is 1.99. The number of rotatable bonds is 10. The van der Waals surface area contributed by atoms with Crippen LogP contribution < -0.4 is 10.2 Å². The van der Waals surface area contributed by atoms with Gasteiger partial charge in [0.05, 0.1) is 13.3 Å². The fourth-order valence-corrected chi connectivity index (χ4v) is 1.99. The molecule has 0 aliphatic carbocycles. The Kier molecular flexibility index (Phi) is 8.93. The molecule has 0 aliphatic heterocycles. The molecule has 21 heavy (non-hydrogen) atoms. The summed E-state index contributed by atoms with van der Waals surface area (Å²) < 4.78 is 5.08. The first kappa shape index (κ1) is 17.2. The highest BCUT2D eigenvalue weighted by Crippen LogP contribution is 2.09. The third-order valence-corrected chi connectivity index (χ3v) is 3.28. The Labute approximate surface area is 127 Å². The number of unbranched alkanes of at least 4 members (excludes halogenated alkanes) is 5. The van der Waals surface area contributed by atoms with Crippen molar-refractivity contribution in [2.45, 2.75) is 51.9 Å². The number of carbonyl (C=O) groups is 1. The topological polar surface area (TPSA) is 50.7 Å². The van der Waals surface area contributed by atoms with Gasteiger partial charge >= 0.3 is 0 Å². The van der Waals surface area contributed by atoms with Crippen LogP contribution in [0.1, 0.15) is 57.4 Å². The zero-order valence-electron chi connectivity index (χ0n) is 13.1. The molecule has 0 aromatic heterocycles.